The molecule has 2 aromatic heterocycles. The summed E-state index contributed by atoms with van der Waals surface area (Å²) in [7, 11) is 0. The minimum absolute atomic E-state index is 0.0348. The Hall–Kier alpha value is -3.89. The molecule has 1 spiro atoms. The van der Waals surface area contributed by atoms with E-state index in [1.807, 2.05) is 6.07 Å². The molecule has 4 atom stereocenters. The molecular formula is C34H39ClFN9O4S. The third kappa shape index (κ3) is 6.52. The minimum atomic E-state index is -0.529. The molecule has 4 aliphatic rings. The molecule has 1 amide bonds. The molecule has 3 fully saturated rings. The van der Waals surface area contributed by atoms with Crippen LogP contribution in [0.15, 0.2) is 40.5 Å². The number of nitrogen functional groups attached to an aromatic ring is 2. The number of anilines is 3. The van der Waals surface area contributed by atoms with E-state index < -0.39 is 17.6 Å². The van der Waals surface area contributed by atoms with E-state index in [-0.39, 0.29) is 40.9 Å². The number of carbonyl (C=O) groups is 3. The number of benzene rings is 1. The summed E-state index contributed by atoms with van der Waals surface area (Å²) in [5, 5.41) is 7.63. The van der Waals surface area contributed by atoms with Gasteiger partial charge in [-0.15, -0.1) is 0 Å². The molecule has 4 aliphatic heterocycles. The molecule has 7 rings (SSSR count). The average molecular weight is 724 g/mol. The number of aromatic nitrogens is 3. The first-order valence-corrected chi connectivity index (χ1v) is 17.9. The summed E-state index contributed by atoms with van der Waals surface area (Å²) in [5.41, 5.74) is 13.6. The first-order chi connectivity index (χ1) is 24.1. The first kappa shape index (κ1) is 34.6. The topological polar surface area (TPSA) is 182 Å². The highest BCUT2D eigenvalue weighted by Gasteiger charge is 2.49. The third-order valence-electron chi connectivity index (χ3n) is 10.5. The van der Waals surface area contributed by atoms with E-state index >= 15 is 4.39 Å². The van der Waals surface area contributed by atoms with Crippen LogP contribution in [0.1, 0.15) is 54.1 Å². The van der Waals surface area contributed by atoms with Crippen LogP contribution in [0.25, 0.3) is 0 Å². The molecular weight excluding hydrogens is 685 g/mol. The van der Waals surface area contributed by atoms with Gasteiger partial charge in [0.25, 0.3) is 5.91 Å². The molecule has 2 unspecified atom stereocenters. The van der Waals surface area contributed by atoms with Gasteiger partial charge in [0.05, 0.1) is 35.5 Å². The Bertz CT molecular complexity index is 1820. The van der Waals surface area contributed by atoms with Gasteiger partial charge in [-0.25, -0.2) is 19.3 Å². The van der Waals surface area contributed by atoms with E-state index in [4.69, 9.17) is 27.8 Å². The van der Waals surface area contributed by atoms with Crippen LogP contribution in [-0.2, 0) is 27.4 Å². The fraction of sp³-hybridized carbons (Fsp3) is 0.471. The lowest BCUT2D eigenvalue weighted by Gasteiger charge is -2.43. The molecule has 0 aliphatic carbocycles. The van der Waals surface area contributed by atoms with Crippen LogP contribution in [0.3, 0.4) is 0 Å². The van der Waals surface area contributed by atoms with Gasteiger partial charge < -0.3 is 36.6 Å². The molecule has 3 aromatic rings. The highest BCUT2D eigenvalue weighted by atomic mass is 35.5. The number of ether oxygens (including phenoxy) is 1. The predicted octanol–water partition coefficient (Wildman–Crippen LogP) is 2.99. The van der Waals surface area contributed by atoms with Crippen molar-refractivity contribution < 1.29 is 23.5 Å². The largest absolute Gasteiger partial charge is 0.382 e. The number of aldehydes is 1. The number of rotatable bonds is 9. The van der Waals surface area contributed by atoms with Gasteiger partial charge in [-0.3, -0.25) is 14.4 Å². The SMILES string of the molecule is C[C@@H]1OCC2(CCN(c3cnc(Sc4ccnc(N)c4Cl)c(N)n3)CC2)[C@@H]1NCc1cc(F)c2c(c1)CN(C1CCC(C(=O)C=O)NC1)C2=O. The summed E-state index contributed by atoms with van der Waals surface area (Å²) in [5.74, 6) is -0.107. The van der Waals surface area contributed by atoms with E-state index in [0.717, 1.165) is 31.5 Å². The number of hydrogen-bond acceptors (Lipinski definition) is 13. The predicted molar refractivity (Wildman–Crippen MR) is 186 cm³/mol. The van der Waals surface area contributed by atoms with Crippen LogP contribution < -0.4 is 27.0 Å². The Morgan fingerprint density at radius 2 is 2.04 bits per heavy atom. The molecule has 13 nitrogen and oxygen atoms in total. The number of piperidine rings is 2. The molecule has 1 aromatic carbocycles. The number of halogens is 2. The highest BCUT2D eigenvalue weighted by molar-refractivity contribution is 7.99. The van der Waals surface area contributed by atoms with Gasteiger partial charge >= 0.3 is 0 Å². The first-order valence-electron chi connectivity index (χ1n) is 16.7. The van der Waals surface area contributed by atoms with Gasteiger partial charge in [0.15, 0.2) is 12.1 Å². The summed E-state index contributed by atoms with van der Waals surface area (Å²) in [4.78, 5) is 53.6. The second-order valence-corrected chi connectivity index (χ2v) is 14.9. The molecule has 6 N–H and O–H groups in total. The van der Waals surface area contributed by atoms with Gasteiger partial charge in [0.2, 0.25) is 5.78 Å². The van der Waals surface area contributed by atoms with Crippen molar-refractivity contribution in [2.24, 2.45) is 5.41 Å². The van der Waals surface area contributed by atoms with Gasteiger partial charge in [-0.2, -0.15) is 0 Å². The summed E-state index contributed by atoms with van der Waals surface area (Å²) >= 11 is 7.59. The fourth-order valence-electron chi connectivity index (χ4n) is 7.78. The van der Waals surface area contributed by atoms with Gasteiger partial charge in [-0.1, -0.05) is 29.4 Å². The summed E-state index contributed by atoms with van der Waals surface area (Å²) in [6, 6.07) is 4.45. The number of nitrogens with one attached hydrogen (secondary N) is 2. The van der Waals surface area contributed by atoms with Crippen LogP contribution >= 0.6 is 23.4 Å². The third-order valence-corrected chi connectivity index (χ3v) is 12.1. The van der Waals surface area contributed by atoms with Crippen molar-refractivity contribution in [2.45, 2.75) is 79.8 Å². The lowest BCUT2D eigenvalue weighted by molar-refractivity contribution is -0.131. The van der Waals surface area contributed by atoms with E-state index in [1.165, 1.54) is 17.8 Å². The van der Waals surface area contributed by atoms with Crippen LogP contribution in [0, 0.1) is 11.2 Å². The zero-order valence-electron chi connectivity index (χ0n) is 27.5. The van der Waals surface area contributed by atoms with Crippen molar-refractivity contribution in [3.8, 4) is 0 Å². The van der Waals surface area contributed by atoms with Crippen molar-refractivity contribution in [1.82, 2.24) is 30.5 Å². The molecule has 0 saturated carbocycles. The Morgan fingerprint density at radius 3 is 2.76 bits per heavy atom. The number of nitrogens with zero attached hydrogens (tertiary/aromatic N) is 5. The number of ketones is 1. The van der Waals surface area contributed by atoms with E-state index in [2.05, 4.69) is 37.4 Å². The van der Waals surface area contributed by atoms with E-state index in [9.17, 15) is 14.4 Å². The number of amides is 1. The second-order valence-electron chi connectivity index (χ2n) is 13.5. The Labute approximate surface area is 298 Å². The monoisotopic (exact) mass is 723 g/mol. The highest BCUT2D eigenvalue weighted by Crippen LogP contribution is 2.44. The second kappa shape index (κ2) is 14.0. The number of Topliss-reactive ketones (excluding diaryl/α,β-unsaturated/α-hetero) is 1. The maximum absolute atomic E-state index is 15.4. The van der Waals surface area contributed by atoms with Crippen LogP contribution in [0.2, 0.25) is 5.02 Å². The van der Waals surface area contributed by atoms with Crippen LogP contribution in [-0.4, -0.2) is 88.3 Å². The quantitative estimate of drug-likeness (QED) is 0.187. The van der Waals surface area contributed by atoms with E-state index in [1.54, 1.807) is 23.4 Å². The van der Waals surface area contributed by atoms with Crippen molar-refractivity contribution in [2.75, 3.05) is 42.6 Å². The molecule has 50 heavy (non-hydrogen) atoms. The summed E-state index contributed by atoms with van der Waals surface area (Å²) in [6.45, 7) is 5.28. The van der Waals surface area contributed by atoms with Crippen LogP contribution in [0.4, 0.5) is 21.8 Å². The maximum Gasteiger partial charge on any atom is 0.257 e. The lowest BCUT2D eigenvalue weighted by atomic mass is 9.73. The zero-order chi connectivity index (χ0) is 35.2. The zero-order valence-corrected chi connectivity index (χ0v) is 29.1. The van der Waals surface area contributed by atoms with Gasteiger partial charge in [0, 0.05) is 61.3 Å². The molecule has 6 heterocycles. The summed E-state index contributed by atoms with van der Waals surface area (Å²) in [6.07, 6.45) is 6.33. The van der Waals surface area contributed by atoms with Crippen molar-refractivity contribution in [3.63, 3.8) is 0 Å². The van der Waals surface area contributed by atoms with Crippen molar-refractivity contribution in [1.29, 1.82) is 0 Å². The molecule has 0 radical (unpaired) electrons. The van der Waals surface area contributed by atoms with E-state index in [0.29, 0.717) is 77.5 Å². The lowest BCUT2D eigenvalue weighted by Crippen LogP contribution is -2.52. The van der Waals surface area contributed by atoms with Crippen LogP contribution in [0.5, 0.6) is 0 Å². The van der Waals surface area contributed by atoms with Crippen molar-refractivity contribution in [3.05, 3.63) is 58.1 Å². The fourth-order valence-corrected chi connectivity index (χ4v) is 8.80. The van der Waals surface area contributed by atoms with Gasteiger partial charge in [0.1, 0.15) is 22.5 Å². The number of pyridine rings is 1. The number of carbonyl (C=O) groups excluding carboxylic acids is 3. The molecule has 16 heteroatoms. The maximum atomic E-state index is 15.4. The Balaban J connectivity index is 0.971. The molecule has 0 bridgehead atoms. The standard InChI is InChI=1S/C34H39ClFN9O4S/c1-18-29(41-12-19-10-20-15-45(33(48)27(20)22(36)11-19)21-2-3-23(40-13-21)24(47)16-46)34(17-49-18)5-8-44(9-6-34)26-14-42-32(31(38)43-26)50-25-4-7-39-30(37)28(25)35/h4,7,10-11,14,16,18,21,23,29,40-41H,2-3,5-6,8-9,12-13,15,17H2,1H3,(H2,37,39)(H2,38,43)/t18-,21?,23?,29+/m0/s1. The minimum Gasteiger partial charge on any atom is -0.382 e. The van der Waals surface area contributed by atoms with Crippen molar-refractivity contribution >= 4 is 58.8 Å². The number of hydrogen-bond donors (Lipinski definition) is 4. The number of fused-ring (bicyclic) bond motifs is 1. The average Bonchev–Trinajstić information content (AvgIpc) is 3.61. The molecule has 264 valence electrons. The summed E-state index contributed by atoms with van der Waals surface area (Å²) < 4.78 is 21.6. The Kier molecular flexibility index (Phi) is 9.69. The molecule has 3 saturated heterocycles. The van der Waals surface area contributed by atoms with Gasteiger partial charge in [-0.05, 0) is 55.9 Å². The number of nitrogens with two attached hydrogens (primary N) is 2. The smallest absolute Gasteiger partial charge is 0.257 e. The normalized spacial score (nSPS) is 24.5. The Morgan fingerprint density at radius 1 is 1.24 bits per heavy atom.